The highest BCUT2D eigenvalue weighted by atomic mass is 14.6. The van der Waals surface area contributed by atoms with Crippen LogP contribution < -0.4 is 5.73 Å². The van der Waals surface area contributed by atoms with Crippen molar-refractivity contribution >= 4 is 0 Å². The van der Waals surface area contributed by atoms with Crippen molar-refractivity contribution in [3.05, 3.63) is 34.9 Å². The maximum Gasteiger partial charge on any atom is 0.0297 e. The van der Waals surface area contributed by atoms with Crippen molar-refractivity contribution in [1.82, 2.24) is 0 Å². The fourth-order valence-electron chi connectivity index (χ4n) is 2.35. The molecule has 1 aromatic carbocycles. The SMILES string of the molecule is CCc1ccc2c(c1)C(N)CCC2C. The summed E-state index contributed by atoms with van der Waals surface area (Å²) >= 11 is 0. The van der Waals surface area contributed by atoms with Crippen LogP contribution in [-0.4, -0.2) is 0 Å². The van der Waals surface area contributed by atoms with E-state index in [1.807, 2.05) is 0 Å². The van der Waals surface area contributed by atoms with Crippen LogP contribution in [0.5, 0.6) is 0 Å². The van der Waals surface area contributed by atoms with Crippen LogP contribution in [0.15, 0.2) is 18.2 Å². The van der Waals surface area contributed by atoms with Crippen molar-refractivity contribution < 1.29 is 0 Å². The number of rotatable bonds is 1. The van der Waals surface area contributed by atoms with Crippen LogP contribution in [0.1, 0.15) is 55.3 Å². The van der Waals surface area contributed by atoms with E-state index < -0.39 is 0 Å². The lowest BCUT2D eigenvalue weighted by molar-refractivity contribution is 0.513. The fraction of sp³-hybridized carbons (Fsp3) is 0.538. The minimum absolute atomic E-state index is 0.271. The predicted octanol–water partition coefficient (Wildman–Crippen LogP) is 3.15. The van der Waals surface area contributed by atoms with Gasteiger partial charge in [0.2, 0.25) is 0 Å². The molecule has 0 spiro atoms. The Morgan fingerprint density at radius 2 is 2.07 bits per heavy atom. The average Bonchev–Trinajstić information content (AvgIpc) is 2.23. The first-order valence-electron chi connectivity index (χ1n) is 5.60. The first kappa shape index (κ1) is 9.72. The molecule has 0 aromatic heterocycles. The molecule has 1 nitrogen and oxygen atoms in total. The van der Waals surface area contributed by atoms with Gasteiger partial charge in [-0.15, -0.1) is 0 Å². The third kappa shape index (κ3) is 1.57. The smallest absolute Gasteiger partial charge is 0.0297 e. The maximum atomic E-state index is 6.13. The van der Waals surface area contributed by atoms with Crippen molar-refractivity contribution in [3.8, 4) is 0 Å². The van der Waals surface area contributed by atoms with E-state index >= 15 is 0 Å². The normalized spacial score (nSPS) is 25.9. The van der Waals surface area contributed by atoms with Crippen molar-refractivity contribution in [2.24, 2.45) is 5.73 Å². The van der Waals surface area contributed by atoms with Crippen LogP contribution in [0.25, 0.3) is 0 Å². The molecule has 1 aliphatic rings. The quantitative estimate of drug-likeness (QED) is 0.721. The summed E-state index contributed by atoms with van der Waals surface area (Å²) in [6.07, 6.45) is 3.48. The van der Waals surface area contributed by atoms with Gasteiger partial charge in [-0.3, -0.25) is 0 Å². The molecule has 1 aromatic rings. The Bertz CT molecular complexity index is 330. The fourth-order valence-corrected chi connectivity index (χ4v) is 2.35. The molecule has 0 amide bonds. The minimum Gasteiger partial charge on any atom is -0.324 e. The van der Waals surface area contributed by atoms with E-state index in [1.165, 1.54) is 23.1 Å². The van der Waals surface area contributed by atoms with E-state index in [0.29, 0.717) is 5.92 Å². The topological polar surface area (TPSA) is 26.0 Å². The lowest BCUT2D eigenvalue weighted by Gasteiger charge is -2.27. The summed E-state index contributed by atoms with van der Waals surface area (Å²) in [5.74, 6) is 0.690. The van der Waals surface area contributed by atoms with Crippen LogP contribution in [-0.2, 0) is 6.42 Å². The van der Waals surface area contributed by atoms with E-state index in [0.717, 1.165) is 12.8 Å². The van der Waals surface area contributed by atoms with Crippen molar-refractivity contribution in [3.63, 3.8) is 0 Å². The van der Waals surface area contributed by atoms with Gasteiger partial charge in [-0.25, -0.2) is 0 Å². The van der Waals surface area contributed by atoms with Gasteiger partial charge in [-0.05, 0) is 41.9 Å². The third-order valence-electron chi connectivity index (χ3n) is 3.40. The molecule has 0 saturated heterocycles. The Morgan fingerprint density at radius 1 is 1.29 bits per heavy atom. The monoisotopic (exact) mass is 189 g/mol. The summed E-state index contributed by atoms with van der Waals surface area (Å²) in [5.41, 5.74) is 10.4. The van der Waals surface area contributed by atoms with Gasteiger partial charge >= 0.3 is 0 Å². The summed E-state index contributed by atoms with van der Waals surface area (Å²) in [4.78, 5) is 0. The first-order valence-corrected chi connectivity index (χ1v) is 5.60. The van der Waals surface area contributed by atoms with Crippen LogP contribution in [0, 0.1) is 0 Å². The van der Waals surface area contributed by atoms with Gasteiger partial charge in [0.05, 0.1) is 0 Å². The molecule has 1 heteroatoms. The number of hydrogen-bond acceptors (Lipinski definition) is 1. The van der Waals surface area contributed by atoms with Crippen molar-refractivity contribution in [2.45, 2.75) is 45.1 Å². The largest absolute Gasteiger partial charge is 0.324 e. The molecule has 2 unspecified atom stereocenters. The second-order valence-electron chi connectivity index (χ2n) is 4.40. The molecule has 1 aliphatic carbocycles. The molecule has 0 radical (unpaired) electrons. The van der Waals surface area contributed by atoms with Gasteiger partial charge in [-0.2, -0.15) is 0 Å². The van der Waals surface area contributed by atoms with Crippen LogP contribution >= 0.6 is 0 Å². The van der Waals surface area contributed by atoms with Gasteiger partial charge in [-0.1, -0.05) is 32.0 Å². The summed E-state index contributed by atoms with van der Waals surface area (Å²) in [6.45, 7) is 4.50. The molecule has 0 heterocycles. The second-order valence-corrected chi connectivity index (χ2v) is 4.40. The zero-order chi connectivity index (χ0) is 10.1. The standard InChI is InChI=1S/C13H19N/c1-3-10-5-6-11-9(2)4-7-13(14)12(11)8-10/h5-6,8-9,13H,3-4,7,14H2,1-2H3. The Morgan fingerprint density at radius 3 is 2.79 bits per heavy atom. The Kier molecular flexibility index (Phi) is 2.60. The molecule has 0 aliphatic heterocycles. The highest BCUT2D eigenvalue weighted by Crippen LogP contribution is 2.36. The van der Waals surface area contributed by atoms with Crippen LogP contribution in [0.4, 0.5) is 0 Å². The van der Waals surface area contributed by atoms with Gasteiger partial charge in [0.15, 0.2) is 0 Å². The lowest BCUT2D eigenvalue weighted by Crippen LogP contribution is -2.19. The van der Waals surface area contributed by atoms with E-state index in [4.69, 9.17) is 5.73 Å². The van der Waals surface area contributed by atoms with Gasteiger partial charge in [0, 0.05) is 6.04 Å². The molecule has 0 saturated carbocycles. The molecule has 14 heavy (non-hydrogen) atoms. The van der Waals surface area contributed by atoms with Crippen LogP contribution in [0.3, 0.4) is 0 Å². The molecular formula is C13H19N. The van der Waals surface area contributed by atoms with Gasteiger partial charge in [0.1, 0.15) is 0 Å². The highest BCUT2D eigenvalue weighted by Gasteiger charge is 2.21. The minimum atomic E-state index is 0.271. The number of fused-ring (bicyclic) bond motifs is 1. The Hall–Kier alpha value is -0.820. The lowest BCUT2D eigenvalue weighted by atomic mass is 9.80. The summed E-state index contributed by atoms with van der Waals surface area (Å²) in [7, 11) is 0. The summed E-state index contributed by atoms with van der Waals surface area (Å²) < 4.78 is 0. The number of aryl methyl sites for hydroxylation is 1. The molecule has 0 bridgehead atoms. The van der Waals surface area contributed by atoms with Gasteiger partial charge < -0.3 is 5.73 Å². The number of benzene rings is 1. The predicted molar refractivity (Wildman–Crippen MR) is 60.4 cm³/mol. The van der Waals surface area contributed by atoms with E-state index in [9.17, 15) is 0 Å². The molecule has 2 atom stereocenters. The number of hydrogen-bond donors (Lipinski definition) is 1. The molecule has 0 fully saturated rings. The van der Waals surface area contributed by atoms with Crippen molar-refractivity contribution in [2.75, 3.05) is 0 Å². The van der Waals surface area contributed by atoms with E-state index in [-0.39, 0.29) is 6.04 Å². The molecule has 2 N–H and O–H groups in total. The number of nitrogens with two attached hydrogens (primary N) is 1. The zero-order valence-electron chi connectivity index (χ0n) is 9.09. The highest BCUT2D eigenvalue weighted by molar-refractivity contribution is 5.38. The van der Waals surface area contributed by atoms with E-state index in [1.54, 1.807) is 0 Å². The average molecular weight is 189 g/mol. The van der Waals surface area contributed by atoms with Crippen LogP contribution in [0.2, 0.25) is 0 Å². The van der Waals surface area contributed by atoms with E-state index in [2.05, 4.69) is 32.0 Å². The van der Waals surface area contributed by atoms with Crippen molar-refractivity contribution in [1.29, 1.82) is 0 Å². The summed E-state index contributed by atoms with van der Waals surface area (Å²) in [5, 5.41) is 0. The summed E-state index contributed by atoms with van der Waals surface area (Å²) in [6, 6.07) is 7.09. The Labute approximate surface area is 86.3 Å². The molecule has 76 valence electrons. The Balaban J connectivity index is 2.45. The molecule has 2 rings (SSSR count). The molecular weight excluding hydrogens is 170 g/mol. The zero-order valence-corrected chi connectivity index (χ0v) is 9.09. The maximum absolute atomic E-state index is 6.13. The second kappa shape index (κ2) is 3.74. The van der Waals surface area contributed by atoms with Gasteiger partial charge in [0.25, 0.3) is 0 Å². The first-order chi connectivity index (χ1) is 6.72. The third-order valence-corrected chi connectivity index (χ3v) is 3.40.